The summed E-state index contributed by atoms with van der Waals surface area (Å²) in [6, 6.07) is 6.70. The minimum atomic E-state index is -0.231. The van der Waals surface area contributed by atoms with Crippen LogP contribution in [0.2, 0.25) is 0 Å². The second kappa shape index (κ2) is 5.38. The molecule has 0 aliphatic heterocycles. The third-order valence-corrected chi connectivity index (χ3v) is 3.81. The maximum atomic E-state index is 13.6. The van der Waals surface area contributed by atoms with Gasteiger partial charge in [0.2, 0.25) is 0 Å². The van der Waals surface area contributed by atoms with Crippen molar-refractivity contribution in [3.8, 4) is 11.3 Å². The van der Waals surface area contributed by atoms with Crippen LogP contribution in [0.5, 0.6) is 0 Å². The first-order valence-corrected chi connectivity index (χ1v) is 6.54. The summed E-state index contributed by atoms with van der Waals surface area (Å²) in [7, 11) is 0. The Bertz CT molecular complexity index is 492. The Hall–Kier alpha value is -1.26. The lowest BCUT2D eigenvalue weighted by molar-refractivity contribution is 0.630. The van der Waals surface area contributed by atoms with Crippen LogP contribution in [0, 0.1) is 5.82 Å². The Labute approximate surface area is 104 Å². The van der Waals surface area contributed by atoms with Crippen molar-refractivity contribution in [2.45, 2.75) is 19.3 Å². The summed E-state index contributed by atoms with van der Waals surface area (Å²) in [5.74, 6) is 0.0469. The molecule has 1 atom stereocenters. The van der Waals surface area contributed by atoms with Gasteiger partial charge in [-0.1, -0.05) is 19.1 Å². The highest BCUT2D eigenvalue weighted by Crippen LogP contribution is 2.28. The van der Waals surface area contributed by atoms with Crippen LogP contribution in [-0.2, 0) is 0 Å². The molecular weight excluding hydrogens is 235 g/mol. The van der Waals surface area contributed by atoms with E-state index in [4.69, 9.17) is 5.73 Å². The van der Waals surface area contributed by atoms with E-state index in [9.17, 15) is 4.39 Å². The molecule has 0 aliphatic carbocycles. The number of hydrogen-bond donors (Lipinski definition) is 1. The molecule has 1 aromatic carbocycles. The SMILES string of the molecule is CCC(CN)c1nc(-c2ccccc2F)cs1. The second-order valence-electron chi connectivity index (χ2n) is 3.89. The number of benzene rings is 1. The average molecular weight is 250 g/mol. The summed E-state index contributed by atoms with van der Waals surface area (Å²) in [4.78, 5) is 4.48. The lowest BCUT2D eigenvalue weighted by Crippen LogP contribution is -2.11. The summed E-state index contributed by atoms with van der Waals surface area (Å²) in [6.07, 6.45) is 0.959. The van der Waals surface area contributed by atoms with Crippen molar-refractivity contribution in [3.63, 3.8) is 0 Å². The monoisotopic (exact) mass is 250 g/mol. The Morgan fingerprint density at radius 3 is 2.82 bits per heavy atom. The third kappa shape index (κ3) is 2.53. The van der Waals surface area contributed by atoms with Crippen molar-refractivity contribution < 1.29 is 4.39 Å². The van der Waals surface area contributed by atoms with Crippen LogP contribution in [0.4, 0.5) is 4.39 Å². The van der Waals surface area contributed by atoms with E-state index >= 15 is 0 Å². The van der Waals surface area contributed by atoms with Gasteiger partial charge in [0.05, 0.1) is 10.7 Å². The highest BCUT2D eigenvalue weighted by Gasteiger charge is 2.14. The Balaban J connectivity index is 2.33. The maximum Gasteiger partial charge on any atom is 0.132 e. The number of halogens is 1. The van der Waals surface area contributed by atoms with Gasteiger partial charge in [0, 0.05) is 23.4 Å². The number of aromatic nitrogens is 1. The molecule has 0 spiro atoms. The van der Waals surface area contributed by atoms with Gasteiger partial charge in [-0.25, -0.2) is 9.37 Å². The van der Waals surface area contributed by atoms with Crippen LogP contribution in [0.25, 0.3) is 11.3 Å². The zero-order valence-electron chi connectivity index (χ0n) is 9.69. The van der Waals surface area contributed by atoms with Gasteiger partial charge in [-0.05, 0) is 18.6 Å². The second-order valence-corrected chi connectivity index (χ2v) is 4.78. The number of rotatable bonds is 4. The zero-order valence-corrected chi connectivity index (χ0v) is 10.5. The van der Waals surface area contributed by atoms with E-state index in [-0.39, 0.29) is 11.7 Å². The normalized spacial score (nSPS) is 12.6. The molecule has 0 aliphatic rings. The van der Waals surface area contributed by atoms with Crippen molar-refractivity contribution in [3.05, 3.63) is 40.5 Å². The number of thiazole rings is 1. The van der Waals surface area contributed by atoms with Crippen LogP contribution in [0.1, 0.15) is 24.3 Å². The summed E-state index contributed by atoms with van der Waals surface area (Å²) in [6.45, 7) is 2.67. The van der Waals surface area contributed by atoms with Gasteiger partial charge in [-0.15, -0.1) is 11.3 Å². The lowest BCUT2D eigenvalue weighted by Gasteiger charge is -2.07. The zero-order chi connectivity index (χ0) is 12.3. The minimum absolute atomic E-state index is 0.231. The van der Waals surface area contributed by atoms with Gasteiger partial charge < -0.3 is 5.73 Å². The van der Waals surface area contributed by atoms with E-state index in [1.165, 1.54) is 6.07 Å². The van der Waals surface area contributed by atoms with Crippen molar-refractivity contribution in [1.29, 1.82) is 0 Å². The summed E-state index contributed by atoms with van der Waals surface area (Å²) < 4.78 is 13.6. The van der Waals surface area contributed by atoms with Crippen molar-refractivity contribution >= 4 is 11.3 Å². The van der Waals surface area contributed by atoms with E-state index in [2.05, 4.69) is 11.9 Å². The predicted octanol–water partition coefficient (Wildman–Crippen LogP) is 3.40. The fourth-order valence-electron chi connectivity index (χ4n) is 1.71. The average Bonchev–Trinajstić information content (AvgIpc) is 2.81. The molecule has 2 N–H and O–H groups in total. The van der Waals surface area contributed by atoms with E-state index in [1.54, 1.807) is 23.5 Å². The summed E-state index contributed by atoms with van der Waals surface area (Å²) >= 11 is 1.55. The van der Waals surface area contributed by atoms with Crippen LogP contribution < -0.4 is 5.73 Å². The van der Waals surface area contributed by atoms with Crippen LogP contribution in [-0.4, -0.2) is 11.5 Å². The Kier molecular flexibility index (Phi) is 3.86. The molecule has 1 heterocycles. The molecule has 0 saturated carbocycles. The standard InChI is InChI=1S/C13H15FN2S/c1-2-9(7-15)13-16-12(8-17-13)10-5-3-4-6-11(10)14/h3-6,8-9H,2,7,15H2,1H3. The van der Waals surface area contributed by atoms with Gasteiger partial charge in [0.1, 0.15) is 5.82 Å². The summed E-state index contributed by atoms with van der Waals surface area (Å²) in [5, 5.41) is 2.89. The first-order valence-electron chi connectivity index (χ1n) is 5.66. The molecule has 4 heteroatoms. The van der Waals surface area contributed by atoms with Crippen molar-refractivity contribution in [1.82, 2.24) is 4.98 Å². The Morgan fingerprint density at radius 1 is 1.41 bits per heavy atom. The van der Waals surface area contributed by atoms with Gasteiger partial charge in [-0.2, -0.15) is 0 Å². The molecule has 2 aromatic rings. The van der Waals surface area contributed by atoms with Gasteiger partial charge in [0.15, 0.2) is 0 Å². The summed E-state index contributed by atoms with van der Waals surface area (Å²) in [5.41, 5.74) is 6.95. The maximum absolute atomic E-state index is 13.6. The largest absolute Gasteiger partial charge is 0.330 e. The predicted molar refractivity (Wildman–Crippen MR) is 69.6 cm³/mol. The topological polar surface area (TPSA) is 38.9 Å². The quantitative estimate of drug-likeness (QED) is 0.903. The molecule has 2 nitrogen and oxygen atoms in total. The Morgan fingerprint density at radius 2 is 2.18 bits per heavy atom. The molecule has 17 heavy (non-hydrogen) atoms. The van der Waals surface area contributed by atoms with Gasteiger partial charge in [-0.3, -0.25) is 0 Å². The van der Waals surface area contributed by atoms with E-state index in [0.29, 0.717) is 17.8 Å². The molecular formula is C13H15FN2S. The molecule has 0 amide bonds. The molecule has 1 unspecified atom stereocenters. The van der Waals surface area contributed by atoms with Crippen LogP contribution in [0.15, 0.2) is 29.6 Å². The molecule has 2 rings (SSSR count). The third-order valence-electron chi connectivity index (χ3n) is 2.80. The van der Waals surface area contributed by atoms with E-state index in [0.717, 1.165) is 11.4 Å². The molecule has 0 radical (unpaired) electrons. The van der Waals surface area contributed by atoms with Crippen molar-refractivity contribution in [2.75, 3.05) is 6.54 Å². The molecule has 1 aromatic heterocycles. The number of nitrogens with zero attached hydrogens (tertiary/aromatic N) is 1. The molecule has 0 bridgehead atoms. The fraction of sp³-hybridized carbons (Fsp3) is 0.308. The van der Waals surface area contributed by atoms with Gasteiger partial charge >= 0.3 is 0 Å². The van der Waals surface area contributed by atoms with Crippen molar-refractivity contribution in [2.24, 2.45) is 5.73 Å². The van der Waals surface area contributed by atoms with Crippen LogP contribution >= 0.6 is 11.3 Å². The highest BCUT2D eigenvalue weighted by molar-refractivity contribution is 7.10. The van der Waals surface area contributed by atoms with Crippen LogP contribution in [0.3, 0.4) is 0 Å². The highest BCUT2D eigenvalue weighted by atomic mass is 32.1. The first kappa shape index (κ1) is 12.2. The number of nitrogens with two attached hydrogens (primary N) is 1. The molecule has 0 saturated heterocycles. The smallest absolute Gasteiger partial charge is 0.132 e. The first-order chi connectivity index (χ1) is 8.26. The van der Waals surface area contributed by atoms with E-state index < -0.39 is 0 Å². The number of hydrogen-bond acceptors (Lipinski definition) is 3. The van der Waals surface area contributed by atoms with Gasteiger partial charge in [0.25, 0.3) is 0 Å². The lowest BCUT2D eigenvalue weighted by atomic mass is 10.1. The molecule has 0 fully saturated rings. The minimum Gasteiger partial charge on any atom is -0.330 e. The van der Waals surface area contributed by atoms with E-state index in [1.807, 2.05) is 11.4 Å². The fourth-order valence-corrected chi connectivity index (χ4v) is 2.73. The molecule has 90 valence electrons.